The number of ether oxygens (including phenoxy) is 1. The van der Waals surface area contributed by atoms with Gasteiger partial charge in [-0.25, -0.2) is 0 Å². The maximum Gasteiger partial charge on any atom is 0.416 e. The van der Waals surface area contributed by atoms with Gasteiger partial charge in [0.15, 0.2) is 0 Å². The van der Waals surface area contributed by atoms with Crippen LogP contribution in [-0.2, 0) is 12.6 Å². The van der Waals surface area contributed by atoms with E-state index in [2.05, 4.69) is 28.0 Å². The number of anilines is 1. The van der Waals surface area contributed by atoms with Crippen LogP contribution in [0.15, 0.2) is 48.5 Å². The molecule has 0 N–H and O–H groups in total. The minimum Gasteiger partial charge on any atom is -0.497 e. The highest BCUT2D eigenvalue weighted by Gasteiger charge is 2.31. The van der Waals surface area contributed by atoms with E-state index in [1.54, 1.807) is 13.2 Å². The third-order valence-corrected chi connectivity index (χ3v) is 6.29. The zero-order chi connectivity index (χ0) is 21.8. The number of alkyl halides is 3. The van der Waals surface area contributed by atoms with Crippen LogP contribution in [0.4, 0.5) is 18.9 Å². The number of methoxy groups -OCH3 is 1. The molecule has 3 nitrogen and oxygen atoms in total. The van der Waals surface area contributed by atoms with Crippen LogP contribution in [0.25, 0.3) is 5.57 Å². The van der Waals surface area contributed by atoms with Gasteiger partial charge in [0.25, 0.3) is 0 Å². The van der Waals surface area contributed by atoms with Crippen molar-refractivity contribution in [2.75, 3.05) is 44.7 Å². The number of aryl methyl sites for hydroxylation is 1. The molecule has 1 fully saturated rings. The minimum atomic E-state index is -4.30. The first-order chi connectivity index (χ1) is 14.9. The molecule has 2 aromatic rings. The number of allylic oxidation sites excluding steroid dienone is 2. The van der Waals surface area contributed by atoms with Gasteiger partial charge < -0.3 is 9.64 Å². The predicted octanol–water partition coefficient (Wildman–Crippen LogP) is 5.65. The quantitative estimate of drug-likeness (QED) is 0.589. The minimum absolute atomic E-state index is 0.578. The van der Waals surface area contributed by atoms with E-state index in [1.165, 1.54) is 28.8 Å². The van der Waals surface area contributed by atoms with Gasteiger partial charge in [0.2, 0.25) is 0 Å². The molecule has 0 unspecified atom stereocenters. The van der Waals surface area contributed by atoms with Crippen molar-refractivity contribution >= 4 is 11.3 Å². The molecular formula is C25H29F3N2O. The predicted molar refractivity (Wildman–Crippen MR) is 119 cm³/mol. The average molecular weight is 431 g/mol. The monoisotopic (exact) mass is 430 g/mol. The van der Waals surface area contributed by atoms with Crippen molar-refractivity contribution in [1.29, 1.82) is 0 Å². The average Bonchev–Trinajstić information content (AvgIpc) is 2.79. The fourth-order valence-corrected chi connectivity index (χ4v) is 4.57. The number of benzene rings is 2. The summed E-state index contributed by atoms with van der Waals surface area (Å²) in [7, 11) is 1.70. The van der Waals surface area contributed by atoms with Crippen molar-refractivity contribution in [1.82, 2.24) is 4.90 Å². The maximum absolute atomic E-state index is 13.0. The van der Waals surface area contributed by atoms with Crippen molar-refractivity contribution in [3.05, 3.63) is 65.2 Å². The first-order valence-corrected chi connectivity index (χ1v) is 10.9. The lowest BCUT2D eigenvalue weighted by atomic mass is 9.88. The smallest absolute Gasteiger partial charge is 0.416 e. The molecular weight excluding hydrogens is 401 g/mol. The van der Waals surface area contributed by atoms with Gasteiger partial charge in [0, 0.05) is 31.9 Å². The molecule has 0 saturated carbocycles. The first-order valence-electron chi connectivity index (χ1n) is 10.9. The van der Waals surface area contributed by atoms with Crippen LogP contribution in [-0.4, -0.2) is 44.7 Å². The Morgan fingerprint density at radius 3 is 2.55 bits per heavy atom. The zero-order valence-electron chi connectivity index (χ0n) is 17.9. The summed E-state index contributed by atoms with van der Waals surface area (Å²) < 4.78 is 44.3. The number of rotatable bonds is 6. The zero-order valence-corrected chi connectivity index (χ0v) is 17.9. The Morgan fingerprint density at radius 1 is 1.00 bits per heavy atom. The van der Waals surface area contributed by atoms with E-state index in [-0.39, 0.29) is 0 Å². The van der Waals surface area contributed by atoms with Crippen LogP contribution in [0.1, 0.15) is 36.0 Å². The van der Waals surface area contributed by atoms with Gasteiger partial charge in [-0.15, -0.1) is 0 Å². The molecule has 0 amide bonds. The molecule has 4 rings (SSSR count). The molecule has 0 spiro atoms. The summed E-state index contributed by atoms with van der Waals surface area (Å²) in [5.41, 5.74) is 4.22. The van der Waals surface area contributed by atoms with E-state index in [1.807, 2.05) is 6.07 Å². The van der Waals surface area contributed by atoms with Gasteiger partial charge in [-0.1, -0.05) is 18.2 Å². The van der Waals surface area contributed by atoms with E-state index in [9.17, 15) is 13.2 Å². The Hall–Kier alpha value is -2.47. The number of fused-ring (bicyclic) bond motifs is 1. The molecule has 2 aromatic carbocycles. The third-order valence-electron chi connectivity index (χ3n) is 6.29. The molecule has 1 saturated heterocycles. The number of hydrogen-bond donors (Lipinski definition) is 0. The van der Waals surface area contributed by atoms with Crippen molar-refractivity contribution in [2.24, 2.45) is 0 Å². The van der Waals surface area contributed by atoms with E-state index in [4.69, 9.17) is 4.74 Å². The Balaban J connectivity index is 1.27. The molecule has 2 aliphatic rings. The Kier molecular flexibility index (Phi) is 6.56. The second kappa shape index (κ2) is 9.35. The lowest BCUT2D eigenvalue weighted by molar-refractivity contribution is -0.137. The Labute approximate surface area is 182 Å². The highest BCUT2D eigenvalue weighted by Crippen LogP contribution is 2.33. The van der Waals surface area contributed by atoms with Gasteiger partial charge in [-0.3, -0.25) is 4.90 Å². The first kappa shape index (κ1) is 21.8. The standard InChI is InChI=1S/C25H29F3N2O/c1-31-23-10-11-24-19(5-2-6-20(24)17-23)7-4-12-29-13-15-30(16-14-29)22-9-3-8-21(18-22)25(26,27)28/h3,5,8-11,17-18H,2,4,6-7,12-16H2,1H3. The van der Waals surface area contributed by atoms with E-state index in [0.717, 1.165) is 70.2 Å². The van der Waals surface area contributed by atoms with Crippen LogP contribution < -0.4 is 9.64 Å². The molecule has 1 aliphatic heterocycles. The summed E-state index contributed by atoms with van der Waals surface area (Å²) in [4.78, 5) is 4.47. The fourth-order valence-electron chi connectivity index (χ4n) is 4.57. The second-order valence-electron chi connectivity index (χ2n) is 8.27. The maximum atomic E-state index is 13.0. The summed E-state index contributed by atoms with van der Waals surface area (Å²) >= 11 is 0. The molecule has 31 heavy (non-hydrogen) atoms. The third kappa shape index (κ3) is 5.24. The van der Waals surface area contributed by atoms with Crippen LogP contribution >= 0.6 is 0 Å². The SMILES string of the molecule is COc1ccc2c(c1)CCC=C2CCCN1CCN(c2cccc(C(F)(F)F)c2)CC1. The van der Waals surface area contributed by atoms with E-state index < -0.39 is 11.7 Å². The van der Waals surface area contributed by atoms with E-state index in [0.29, 0.717) is 5.69 Å². The summed E-state index contributed by atoms with van der Waals surface area (Å²) in [6.07, 6.45) is 2.34. The molecule has 166 valence electrons. The van der Waals surface area contributed by atoms with Gasteiger partial charge in [-0.05, 0) is 79.3 Å². The summed E-state index contributed by atoms with van der Waals surface area (Å²) in [6, 6.07) is 12.0. The van der Waals surface area contributed by atoms with Crippen molar-refractivity contribution < 1.29 is 17.9 Å². The van der Waals surface area contributed by atoms with Crippen molar-refractivity contribution in [2.45, 2.75) is 31.9 Å². The van der Waals surface area contributed by atoms with Crippen molar-refractivity contribution in [3.63, 3.8) is 0 Å². The molecule has 0 aromatic heterocycles. The summed E-state index contributed by atoms with van der Waals surface area (Å²) in [6.45, 7) is 4.28. The summed E-state index contributed by atoms with van der Waals surface area (Å²) in [5.74, 6) is 0.915. The Bertz CT molecular complexity index is 931. The number of halogens is 3. The fraction of sp³-hybridized carbons (Fsp3) is 0.440. The highest BCUT2D eigenvalue weighted by atomic mass is 19.4. The lowest BCUT2D eigenvalue weighted by Gasteiger charge is -2.36. The molecule has 1 aliphatic carbocycles. The lowest BCUT2D eigenvalue weighted by Crippen LogP contribution is -2.46. The van der Waals surface area contributed by atoms with Gasteiger partial charge in [-0.2, -0.15) is 13.2 Å². The number of nitrogens with zero attached hydrogens (tertiary/aromatic N) is 2. The topological polar surface area (TPSA) is 15.7 Å². The molecule has 0 radical (unpaired) electrons. The van der Waals surface area contributed by atoms with Gasteiger partial charge in [0.1, 0.15) is 5.75 Å². The van der Waals surface area contributed by atoms with Crippen LogP contribution in [0, 0.1) is 0 Å². The Morgan fingerprint density at radius 2 is 1.81 bits per heavy atom. The highest BCUT2D eigenvalue weighted by molar-refractivity contribution is 5.70. The summed E-state index contributed by atoms with van der Waals surface area (Å²) in [5, 5.41) is 0. The van der Waals surface area contributed by atoms with Crippen molar-refractivity contribution in [3.8, 4) is 5.75 Å². The van der Waals surface area contributed by atoms with E-state index >= 15 is 0 Å². The molecule has 1 heterocycles. The number of piperazine rings is 1. The number of hydrogen-bond acceptors (Lipinski definition) is 3. The van der Waals surface area contributed by atoms with Gasteiger partial charge >= 0.3 is 6.18 Å². The molecule has 6 heteroatoms. The van der Waals surface area contributed by atoms with Crippen LogP contribution in [0.5, 0.6) is 5.75 Å². The molecule has 0 atom stereocenters. The van der Waals surface area contributed by atoms with Crippen LogP contribution in [0.2, 0.25) is 0 Å². The van der Waals surface area contributed by atoms with Crippen LogP contribution in [0.3, 0.4) is 0 Å². The molecule has 0 bridgehead atoms. The van der Waals surface area contributed by atoms with Gasteiger partial charge in [0.05, 0.1) is 12.7 Å². The largest absolute Gasteiger partial charge is 0.497 e. The second-order valence-corrected chi connectivity index (χ2v) is 8.27. The normalized spacial score (nSPS) is 17.3.